The van der Waals surface area contributed by atoms with Gasteiger partial charge in [0.2, 0.25) is 0 Å². The number of hydrogen-bond donors (Lipinski definition) is 0. The van der Waals surface area contributed by atoms with Gasteiger partial charge in [-0.1, -0.05) is 78.9 Å². The zero-order valence-corrected chi connectivity index (χ0v) is 31.0. The largest absolute Gasteiger partial charge is 2.00 e. The maximum atomic E-state index is 11.6. The van der Waals surface area contributed by atoms with E-state index in [0.717, 1.165) is 11.7 Å². The second kappa shape index (κ2) is 20.4. The minimum Gasteiger partial charge on any atom is -0.549 e. The first-order valence-corrected chi connectivity index (χ1v) is 19.3. The molecule has 0 unspecified atom stereocenters. The number of carbonyl (C=O) groups is 3. The molecule has 1 heterocycles. The Morgan fingerprint density at radius 3 is 1.04 bits per heavy atom. The summed E-state index contributed by atoms with van der Waals surface area (Å²) in [6.07, 6.45) is 0.848. The average Bonchev–Trinajstić information content (AvgIpc) is 3.13. The van der Waals surface area contributed by atoms with Crippen LogP contribution < -0.4 is 31.2 Å². The molecular formula is C40H45CuN4O6P. The van der Waals surface area contributed by atoms with Crippen LogP contribution in [0.3, 0.4) is 0 Å². The van der Waals surface area contributed by atoms with E-state index in [0.29, 0.717) is 58.9 Å². The van der Waals surface area contributed by atoms with Crippen molar-refractivity contribution >= 4 is 41.1 Å². The van der Waals surface area contributed by atoms with Gasteiger partial charge in [0.15, 0.2) is 0 Å². The molecule has 1 fully saturated rings. The fraction of sp³-hybridized carbons (Fsp3) is 0.325. The van der Waals surface area contributed by atoms with Crippen molar-refractivity contribution in [2.75, 3.05) is 72.0 Å². The van der Waals surface area contributed by atoms with Crippen molar-refractivity contribution in [2.24, 2.45) is 0 Å². The van der Waals surface area contributed by atoms with E-state index in [2.05, 4.69) is 120 Å². The van der Waals surface area contributed by atoms with Crippen LogP contribution in [0.25, 0.3) is 0 Å². The third-order valence-electron chi connectivity index (χ3n) is 9.43. The zero-order valence-electron chi connectivity index (χ0n) is 29.1. The Labute approximate surface area is 317 Å². The van der Waals surface area contributed by atoms with Gasteiger partial charge < -0.3 is 29.7 Å². The maximum absolute atomic E-state index is 11.6. The van der Waals surface area contributed by atoms with Crippen LogP contribution in [0.4, 0.5) is 0 Å². The summed E-state index contributed by atoms with van der Waals surface area (Å²) < 4.78 is 0. The zero-order chi connectivity index (χ0) is 36.1. The van der Waals surface area contributed by atoms with Crippen LogP contribution in [0.5, 0.6) is 0 Å². The molecule has 277 valence electrons. The third-order valence-corrected chi connectivity index (χ3v) is 13.8. The maximum Gasteiger partial charge on any atom is 2.00 e. The van der Waals surface area contributed by atoms with Crippen molar-refractivity contribution in [3.05, 3.63) is 126 Å². The van der Waals surface area contributed by atoms with Crippen LogP contribution in [-0.2, 0) is 44.2 Å². The van der Waals surface area contributed by atoms with Crippen molar-refractivity contribution in [3.8, 4) is 0 Å². The first-order valence-electron chi connectivity index (χ1n) is 17.3. The molecule has 4 aromatic carbocycles. The summed E-state index contributed by atoms with van der Waals surface area (Å²) in [7, 11) is -2.07. The van der Waals surface area contributed by atoms with E-state index >= 15 is 0 Å². The second-order valence-corrected chi connectivity index (χ2v) is 16.5. The standard InChI is InChI=1S/C40H47N4O6P.Cu/c45-38(46)29-42-22-20-41(21-23-43(30-39(47)48)25-27-44(26-24-42)31-40(49)50)28-33-16-18-34(19-17-33)32-51(35-10-4-1-5-11-35,36-12-6-2-7-13-36)37-14-8-3-9-15-37;/h1-19H,20-32H2,(H2-,45,46,47,48,49,50);/q;+2/p-2. The van der Waals surface area contributed by atoms with Crippen LogP contribution >= 0.6 is 7.26 Å². The SMILES string of the molecule is O=C([O-])CN1CCN(CC(=O)[O-])CCN(Cc2ccc(C[P+](c3ccccc3)(c3ccccc3)c3ccccc3)cc2)CCN(CC(=O)[O-])CC1.[Cu+2]. The predicted octanol–water partition coefficient (Wildman–Crippen LogP) is -0.850. The Balaban J connectivity index is 0.00000605. The van der Waals surface area contributed by atoms with E-state index in [1.54, 1.807) is 14.7 Å². The monoisotopic (exact) mass is 771 g/mol. The molecule has 4 aromatic rings. The number of benzene rings is 4. The van der Waals surface area contributed by atoms with Gasteiger partial charge in [0, 0.05) is 78.5 Å². The van der Waals surface area contributed by atoms with Crippen molar-refractivity contribution < 1.29 is 46.8 Å². The normalized spacial score (nSPS) is 15.8. The molecule has 0 saturated carbocycles. The van der Waals surface area contributed by atoms with Gasteiger partial charge >= 0.3 is 17.1 Å². The molecule has 1 aliphatic rings. The first-order chi connectivity index (χ1) is 24.7. The van der Waals surface area contributed by atoms with Crippen molar-refractivity contribution in [1.29, 1.82) is 0 Å². The van der Waals surface area contributed by atoms with Gasteiger partial charge in [0.25, 0.3) is 0 Å². The summed E-state index contributed by atoms with van der Waals surface area (Å²) in [5, 5.41) is 38.5. The Morgan fingerprint density at radius 1 is 0.442 bits per heavy atom. The van der Waals surface area contributed by atoms with Crippen LogP contribution in [0.1, 0.15) is 11.1 Å². The molecule has 0 aromatic heterocycles. The van der Waals surface area contributed by atoms with Crippen molar-refractivity contribution in [2.45, 2.75) is 12.7 Å². The van der Waals surface area contributed by atoms with E-state index < -0.39 is 25.2 Å². The van der Waals surface area contributed by atoms with Crippen LogP contribution in [0.15, 0.2) is 115 Å². The third kappa shape index (κ3) is 11.8. The molecule has 52 heavy (non-hydrogen) atoms. The number of carboxylic acids is 3. The molecule has 1 aliphatic heterocycles. The summed E-state index contributed by atoms with van der Waals surface area (Å²) in [6.45, 7) is 2.84. The van der Waals surface area contributed by atoms with Gasteiger partial charge in [-0.05, 0) is 47.5 Å². The summed E-state index contributed by atoms with van der Waals surface area (Å²) in [6, 6.07) is 41.0. The molecule has 10 nitrogen and oxygen atoms in total. The van der Waals surface area contributed by atoms with Crippen LogP contribution in [0, 0.1) is 0 Å². The topological polar surface area (TPSA) is 133 Å². The fourth-order valence-corrected chi connectivity index (χ4v) is 11.1. The van der Waals surface area contributed by atoms with E-state index in [1.807, 2.05) is 0 Å². The van der Waals surface area contributed by atoms with Gasteiger partial charge in [0.1, 0.15) is 23.2 Å². The van der Waals surface area contributed by atoms with Gasteiger partial charge in [-0.3, -0.25) is 19.6 Å². The molecule has 0 aliphatic carbocycles. The molecule has 0 amide bonds. The summed E-state index contributed by atoms with van der Waals surface area (Å²) in [4.78, 5) is 41.9. The van der Waals surface area contributed by atoms with E-state index in [-0.39, 0.29) is 36.7 Å². The number of aliphatic carboxylic acids is 3. The molecule has 12 heteroatoms. The fourth-order valence-electron chi connectivity index (χ4n) is 6.81. The smallest absolute Gasteiger partial charge is 0.549 e. The van der Waals surface area contributed by atoms with Gasteiger partial charge in [-0.2, -0.15) is 0 Å². The second-order valence-electron chi connectivity index (χ2n) is 13.0. The predicted molar refractivity (Wildman–Crippen MR) is 195 cm³/mol. The van der Waals surface area contributed by atoms with E-state index in [9.17, 15) is 29.7 Å². The number of carboxylic acid groups (broad SMARTS) is 3. The summed E-state index contributed by atoms with van der Waals surface area (Å²) >= 11 is 0. The van der Waals surface area contributed by atoms with E-state index in [1.165, 1.54) is 21.5 Å². The molecule has 0 atom stereocenters. The quantitative estimate of drug-likeness (QED) is 0.125. The van der Waals surface area contributed by atoms with Crippen LogP contribution in [0.2, 0.25) is 0 Å². The minimum atomic E-state index is -2.07. The van der Waals surface area contributed by atoms with Gasteiger partial charge in [-0.25, -0.2) is 0 Å². The number of nitrogens with zero attached hydrogens (tertiary/aromatic N) is 4. The molecule has 0 spiro atoms. The minimum absolute atomic E-state index is 0. The molecule has 1 saturated heterocycles. The molecule has 5 rings (SSSR count). The van der Waals surface area contributed by atoms with Crippen LogP contribution in [-0.4, -0.2) is 109 Å². The number of rotatable bonds is 13. The Kier molecular flexibility index (Phi) is 16.0. The molecule has 0 N–H and O–H groups in total. The van der Waals surface area contributed by atoms with Gasteiger partial charge in [-0.15, -0.1) is 0 Å². The van der Waals surface area contributed by atoms with Crippen molar-refractivity contribution in [3.63, 3.8) is 0 Å². The summed E-state index contributed by atoms with van der Waals surface area (Å²) in [5.74, 6) is -3.64. The van der Waals surface area contributed by atoms with Gasteiger partial charge in [0.05, 0.1) is 24.1 Å². The Morgan fingerprint density at radius 2 is 0.731 bits per heavy atom. The average molecular weight is 772 g/mol. The first kappa shape index (κ1) is 40.8. The molecule has 0 bridgehead atoms. The molecule has 1 radical (unpaired) electrons. The molecular weight excluding hydrogens is 727 g/mol. The van der Waals surface area contributed by atoms with Crippen molar-refractivity contribution in [1.82, 2.24) is 19.6 Å². The summed E-state index contributed by atoms with van der Waals surface area (Å²) in [5.41, 5.74) is 2.31. The number of hydrogen-bond acceptors (Lipinski definition) is 10. The Hall–Kier alpha value is -3.92. The number of carbonyl (C=O) groups excluding carboxylic acids is 3. The van der Waals surface area contributed by atoms with E-state index in [4.69, 9.17) is 0 Å². The Bertz CT molecular complexity index is 1570.